The second-order valence-corrected chi connectivity index (χ2v) is 1.21. The monoisotopic (exact) mass is 114 g/mol. The Bertz CT molecular complexity index is 94.7. The van der Waals surface area contributed by atoms with Crippen molar-refractivity contribution in [2.75, 3.05) is 14.2 Å². The summed E-state index contributed by atoms with van der Waals surface area (Å²) in [7, 11) is 3.13. The van der Waals surface area contributed by atoms with Crippen molar-refractivity contribution in [1.82, 2.24) is 0 Å². The van der Waals surface area contributed by atoms with Gasteiger partial charge in [-0.25, -0.2) is 0 Å². The van der Waals surface area contributed by atoms with Gasteiger partial charge in [0.15, 0.2) is 0 Å². The van der Waals surface area contributed by atoms with Gasteiger partial charge in [-0.15, -0.1) is 0 Å². The van der Waals surface area contributed by atoms with Crippen LogP contribution >= 0.6 is 0 Å². The Hall–Kier alpha value is -0.920. The van der Waals surface area contributed by atoms with E-state index in [0.29, 0.717) is 5.76 Å². The summed E-state index contributed by atoms with van der Waals surface area (Å²) in [5, 5.41) is 0. The molecule has 0 atom stereocenters. The van der Waals surface area contributed by atoms with Gasteiger partial charge in [0.2, 0.25) is 0 Å². The molecule has 0 rings (SSSR count). The van der Waals surface area contributed by atoms with Crippen molar-refractivity contribution in [1.29, 1.82) is 0 Å². The van der Waals surface area contributed by atoms with Gasteiger partial charge in [-0.2, -0.15) is 0 Å². The van der Waals surface area contributed by atoms with E-state index in [2.05, 4.69) is 11.3 Å². The van der Waals surface area contributed by atoms with E-state index in [4.69, 9.17) is 4.74 Å². The average molecular weight is 114 g/mol. The second-order valence-electron chi connectivity index (χ2n) is 1.21. The van der Waals surface area contributed by atoms with Crippen LogP contribution in [0.5, 0.6) is 0 Å². The van der Waals surface area contributed by atoms with E-state index < -0.39 is 0 Å². The van der Waals surface area contributed by atoms with Crippen LogP contribution in [0, 0.1) is 0 Å². The van der Waals surface area contributed by atoms with Crippen molar-refractivity contribution in [3.8, 4) is 0 Å². The molecule has 0 amide bonds. The third-order valence-electron chi connectivity index (χ3n) is 0.652. The first-order chi connectivity index (χ1) is 3.81. The highest BCUT2D eigenvalue weighted by Gasteiger charge is 1.77. The van der Waals surface area contributed by atoms with Gasteiger partial charge in [-0.1, -0.05) is 6.58 Å². The highest BCUT2D eigenvalue weighted by Crippen LogP contribution is 1.90. The summed E-state index contributed by atoms with van der Waals surface area (Å²) in [4.78, 5) is 0. The van der Waals surface area contributed by atoms with Crippen molar-refractivity contribution < 1.29 is 9.47 Å². The molecule has 0 bridgehead atoms. The maximum Gasteiger partial charge on any atom is 0.114 e. The molecule has 0 aromatic carbocycles. The number of methoxy groups -OCH3 is 2. The highest BCUT2D eigenvalue weighted by molar-refractivity contribution is 5.03. The topological polar surface area (TPSA) is 18.5 Å². The minimum Gasteiger partial charge on any atom is -0.504 e. The van der Waals surface area contributed by atoms with Crippen LogP contribution in [0.15, 0.2) is 24.7 Å². The molecule has 0 unspecified atom stereocenters. The number of hydrogen-bond acceptors (Lipinski definition) is 2. The third-order valence-corrected chi connectivity index (χ3v) is 0.652. The Labute approximate surface area is 49.4 Å². The Kier molecular flexibility index (Phi) is 3.76. The van der Waals surface area contributed by atoms with Crippen LogP contribution in [-0.2, 0) is 9.47 Å². The smallest absolute Gasteiger partial charge is 0.114 e. The molecule has 0 N–H and O–H groups in total. The number of allylic oxidation sites excluding steroid dienone is 1. The quantitative estimate of drug-likeness (QED) is 0.407. The van der Waals surface area contributed by atoms with E-state index in [1.807, 2.05) is 0 Å². The second kappa shape index (κ2) is 4.24. The summed E-state index contributed by atoms with van der Waals surface area (Å²) in [5.74, 6) is 0.590. The fraction of sp³-hybridized carbons (Fsp3) is 0.333. The number of hydrogen-bond donors (Lipinski definition) is 0. The van der Waals surface area contributed by atoms with Crippen LogP contribution < -0.4 is 0 Å². The maximum absolute atomic E-state index is 4.69. The van der Waals surface area contributed by atoms with Crippen LogP contribution in [0.25, 0.3) is 0 Å². The third kappa shape index (κ3) is 3.28. The molecular weight excluding hydrogens is 104 g/mol. The molecule has 0 aromatic rings. The Balaban J connectivity index is 3.37. The lowest BCUT2D eigenvalue weighted by Gasteiger charge is -1.93. The predicted molar refractivity (Wildman–Crippen MR) is 32.3 cm³/mol. The minimum absolute atomic E-state index is 0.590. The van der Waals surface area contributed by atoms with Crippen molar-refractivity contribution >= 4 is 0 Å². The zero-order valence-electron chi connectivity index (χ0n) is 5.18. The molecule has 8 heavy (non-hydrogen) atoms. The van der Waals surface area contributed by atoms with Crippen LogP contribution in [0.4, 0.5) is 0 Å². The van der Waals surface area contributed by atoms with Crippen molar-refractivity contribution in [2.45, 2.75) is 0 Å². The first kappa shape index (κ1) is 7.08. The summed E-state index contributed by atoms with van der Waals surface area (Å²) in [6, 6.07) is 0. The van der Waals surface area contributed by atoms with Gasteiger partial charge in [-0.3, -0.25) is 0 Å². The largest absolute Gasteiger partial charge is 0.504 e. The van der Waals surface area contributed by atoms with E-state index in [1.165, 1.54) is 6.26 Å². The lowest BCUT2D eigenvalue weighted by molar-refractivity contribution is 0.299. The first-order valence-electron chi connectivity index (χ1n) is 2.23. The first-order valence-corrected chi connectivity index (χ1v) is 2.23. The molecule has 0 spiro atoms. The molecule has 0 saturated carbocycles. The minimum atomic E-state index is 0.590. The average Bonchev–Trinajstić information content (AvgIpc) is 1.83. The number of rotatable bonds is 3. The molecule has 0 aliphatic carbocycles. The molecule has 0 fully saturated rings. The standard InChI is InChI=1S/C6H10O2/c1-6(8-3)4-5-7-2/h4-5H,1H2,2-3H3/b5-4+. The van der Waals surface area contributed by atoms with Crippen LogP contribution in [-0.4, -0.2) is 14.2 Å². The van der Waals surface area contributed by atoms with Gasteiger partial charge in [0.25, 0.3) is 0 Å². The Morgan fingerprint density at radius 3 is 2.50 bits per heavy atom. The summed E-state index contributed by atoms with van der Waals surface area (Å²) >= 11 is 0. The molecule has 0 heterocycles. The Morgan fingerprint density at radius 1 is 1.50 bits per heavy atom. The maximum atomic E-state index is 4.69. The molecule has 0 aromatic heterocycles. The molecular formula is C6H10O2. The molecule has 0 radical (unpaired) electrons. The van der Waals surface area contributed by atoms with Gasteiger partial charge in [0.05, 0.1) is 20.5 Å². The molecule has 46 valence electrons. The normalized spacial score (nSPS) is 9.25. The van der Waals surface area contributed by atoms with E-state index in [9.17, 15) is 0 Å². The highest BCUT2D eigenvalue weighted by atomic mass is 16.5. The van der Waals surface area contributed by atoms with Gasteiger partial charge >= 0.3 is 0 Å². The van der Waals surface area contributed by atoms with E-state index in [1.54, 1.807) is 20.3 Å². The molecule has 2 nitrogen and oxygen atoms in total. The lowest BCUT2D eigenvalue weighted by atomic mass is 10.5. The summed E-state index contributed by atoms with van der Waals surface area (Å²) < 4.78 is 9.28. The number of ether oxygens (including phenoxy) is 2. The van der Waals surface area contributed by atoms with Crippen LogP contribution in [0.1, 0.15) is 0 Å². The summed E-state index contributed by atoms with van der Waals surface area (Å²) in [5.41, 5.74) is 0. The van der Waals surface area contributed by atoms with Crippen LogP contribution in [0.2, 0.25) is 0 Å². The van der Waals surface area contributed by atoms with Crippen molar-refractivity contribution in [2.24, 2.45) is 0 Å². The molecule has 0 aliphatic rings. The zero-order chi connectivity index (χ0) is 6.41. The summed E-state index contributed by atoms with van der Waals surface area (Å²) in [6.07, 6.45) is 3.14. The van der Waals surface area contributed by atoms with Gasteiger partial charge in [-0.05, 0) is 0 Å². The fourth-order valence-corrected chi connectivity index (χ4v) is 0.212. The van der Waals surface area contributed by atoms with Crippen LogP contribution in [0.3, 0.4) is 0 Å². The van der Waals surface area contributed by atoms with Crippen molar-refractivity contribution in [3.63, 3.8) is 0 Å². The zero-order valence-corrected chi connectivity index (χ0v) is 5.18. The van der Waals surface area contributed by atoms with Gasteiger partial charge in [0.1, 0.15) is 5.76 Å². The van der Waals surface area contributed by atoms with Gasteiger partial charge < -0.3 is 9.47 Å². The van der Waals surface area contributed by atoms with E-state index >= 15 is 0 Å². The molecule has 0 saturated heterocycles. The lowest BCUT2D eigenvalue weighted by Crippen LogP contribution is -1.76. The Morgan fingerprint density at radius 2 is 2.12 bits per heavy atom. The predicted octanol–water partition coefficient (Wildman–Crippen LogP) is 1.31. The SMILES string of the molecule is C=C(/C=C/OC)OC. The summed E-state index contributed by atoms with van der Waals surface area (Å²) in [6.45, 7) is 3.52. The molecule has 0 aliphatic heterocycles. The fourth-order valence-electron chi connectivity index (χ4n) is 0.212. The van der Waals surface area contributed by atoms with Gasteiger partial charge in [0, 0.05) is 6.08 Å². The van der Waals surface area contributed by atoms with Crippen molar-refractivity contribution in [3.05, 3.63) is 24.7 Å². The van der Waals surface area contributed by atoms with E-state index in [-0.39, 0.29) is 0 Å². The molecule has 2 heteroatoms. The van der Waals surface area contributed by atoms with E-state index in [0.717, 1.165) is 0 Å².